The van der Waals surface area contributed by atoms with Crippen LogP contribution in [-0.2, 0) is 10.4 Å². The average Bonchev–Trinajstić information content (AvgIpc) is 2.78. The lowest BCUT2D eigenvalue weighted by Crippen LogP contribution is -2.51. The summed E-state index contributed by atoms with van der Waals surface area (Å²) in [6, 6.07) is 0. The molecule has 0 saturated carbocycles. The lowest BCUT2D eigenvalue weighted by molar-refractivity contribution is -0.931. The minimum Gasteiger partial charge on any atom is -0.759 e. The maximum atomic E-state index is 9.50. The molecule has 0 aliphatic carbocycles. The van der Waals surface area contributed by atoms with E-state index < -0.39 is 10.4 Å². The Bertz CT molecular complexity index is 454. The van der Waals surface area contributed by atoms with Crippen molar-refractivity contribution in [2.45, 2.75) is 91.9 Å². The Labute approximate surface area is 193 Å². The Morgan fingerprint density at radius 3 is 1.10 bits per heavy atom. The zero-order valence-corrected chi connectivity index (χ0v) is 21.9. The van der Waals surface area contributed by atoms with Gasteiger partial charge in [-0.2, -0.15) is 0 Å². The fourth-order valence-corrected chi connectivity index (χ4v) is 4.75. The summed E-state index contributed by atoms with van der Waals surface area (Å²) >= 11 is 0. The van der Waals surface area contributed by atoms with Gasteiger partial charge < -0.3 is 18.1 Å². The monoisotopic (exact) mass is 470 g/mol. The van der Waals surface area contributed by atoms with Gasteiger partial charge in [0.15, 0.2) is 0 Å². The van der Waals surface area contributed by atoms with Crippen LogP contribution in [0.5, 0.6) is 0 Å². The van der Waals surface area contributed by atoms with Crippen LogP contribution >= 0.6 is 0 Å². The summed E-state index contributed by atoms with van der Waals surface area (Å²) in [6.07, 6.45) is 14.4. The van der Waals surface area contributed by atoms with Crippen LogP contribution in [0, 0.1) is 0 Å². The molecule has 2 aliphatic rings. The third kappa shape index (κ3) is 17.9. The molecule has 0 aromatic heterocycles. The number of quaternary nitrogens is 2. The number of likely N-dealkylation sites (tertiary alicyclic amines) is 2. The summed E-state index contributed by atoms with van der Waals surface area (Å²) in [5.74, 6) is 0. The van der Waals surface area contributed by atoms with Crippen LogP contribution in [0.1, 0.15) is 91.9 Å². The van der Waals surface area contributed by atoms with Gasteiger partial charge >= 0.3 is 0 Å². The summed E-state index contributed by atoms with van der Waals surface area (Å²) in [6.45, 7) is 20.7. The van der Waals surface area contributed by atoms with Crippen molar-refractivity contribution in [2.24, 2.45) is 0 Å². The minimum absolute atomic E-state index is 0.500. The third-order valence-electron chi connectivity index (χ3n) is 6.84. The van der Waals surface area contributed by atoms with E-state index in [1.165, 1.54) is 126 Å². The van der Waals surface area contributed by atoms with Crippen molar-refractivity contribution in [3.63, 3.8) is 0 Å². The van der Waals surface area contributed by atoms with E-state index >= 15 is 0 Å². The SMILES string of the molecule is CCCC[N+]1(CC)CCCCC1.CCCC[N+]1(CC)CCCCC1.CF.O=S(=O)([O-])[O-]. The van der Waals surface area contributed by atoms with E-state index in [-0.39, 0.29) is 0 Å². The van der Waals surface area contributed by atoms with Crippen LogP contribution < -0.4 is 0 Å². The number of piperidine rings is 2. The van der Waals surface area contributed by atoms with Crippen molar-refractivity contribution in [1.82, 2.24) is 0 Å². The van der Waals surface area contributed by atoms with Crippen molar-refractivity contribution in [3.05, 3.63) is 0 Å². The highest BCUT2D eigenvalue weighted by molar-refractivity contribution is 7.79. The van der Waals surface area contributed by atoms with E-state index in [9.17, 15) is 4.39 Å². The van der Waals surface area contributed by atoms with Gasteiger partial charge in [0.2, 0.25) is 0 Å². The summed E-state index contributed by atoms with van der Waals surface area (Å²) < 4.78 is 46.4. The second-order valence-electron chi connectivity index (χ2n) is 8.89. The molecule has 0 bridgehead atoms. The molecule has 0 radical (unpaired) electrons. The first-order valence-corrected chi connectivity index (χ1v) is 13.7. The Kier molecular flexibility index (Phi) is 20.4. The van der Waals surface area contributed by atoms with E-state index in [2.05, 4.69) is 27.7 Å². The molecule has 2 fully saturated rings. The summed E-state index contributed by atoms with van der Waals surface area (Å²) in [5, 5.41) is 0. The van der Waals surface area contributed by atoms with Crippen LogP contribution in [0.15, 0.2) is 0 Å². The minimum atomic E-state index is -5.17. The fraction of sp³-hybridized carbons (Fsp3) is 1.00. The second-order valence-corrected chi connectivity index (χ2v) is 9.71. The molecule has 0 N–H and O–H groups in total. The van der Waals surface area contributed by atoms with Gasteiger partial charge in [-0.3, -0.25) is 12.8 Å². The van der Waals surface area contributed by atoms with Crippen molar-refractivity contribution in [1.29, 1.82) is 0 Å². The molecule has 0 amide bonds. The first-order valence-electron chi connectivity index (χ1n) is 12.4. The molecule has 2 rings (SSSR count). The largest absolute Gasteiger partial charge is 0.759 e. The second kappa shape index (κ2) is 19.2. The number of hydrogen-bond donors (Lipinski definition) is 0. The average molecular weight is 471 g/mol. The van der Waals surface area contributed by atoms with E-state index in [0.717, 1.165) is 0 Å². The summed E-state index contributed by atoms with van der Waals surface area (Å²) in [4.78, 5) is 0. The number of hydrogen-bond acceptors (Lipinski definition) is 4. The maximum absolute atomic E-state index is 9.50. The van der Waals surface area contributed by atoms with Crippen molar-refractivity contribution >= 4 is 10.4 Å². The standard InChI is InChI=1S/2C11H24N.CH3F.H2O4S/c2*1-3-5-9-12(4-2)10-7-6-8-11-12;1-2;1-5(2,3)4/h2*3-11H2,1-2H3;1H3;(H2,1,2,3,4)/q2*+1;;/p-2. The zero-order valence-electron chi connectivity index (χ0n) is 21.0. The number of halogens is 1. The van der Waals surface area contributed by atoms with Gasteiger partial charge in [-0.25, -0.2) is 0 Å². The molecule has 0 aromatic carbocycles. The van der Waals surface area contributed by atoms with Gasteiger partial charge in [0.25, 0.3) is 0 Å². The van der Waals surface area contributed by atoms with E-state index in [1.54, 1.807) is 0 Å². The Hall–Kier alpha value is -0.280. The number of rotatable bonds is 8. The van der Waals surface area contributed by atoms with E-state index in [1.807, 2.05) is 0 Å². The van der Waals surface area contributed by atoms with Gasteiger partial charge in [0.1, 0.15) is 0 Å². The molecule has 0 unspecified atom stereocenters. The molecular weight excluding hydrogens is 419 g/mol. The van der Waals surface area contributed by atoms with Crippen molar-refractivity contribution in [3.8, 4) is 0 Å². The third-order valence-corrected chi connectivity index (χ3v) is 6.84. The van der Waals surface area contributed by atoms with Crippen molar-refractivity contribution in [2.75, 3.05) is 59.5 Å². The van der Waals surface area contributed by atoms with Crippen LogP contribution in [0.25, 0.3) is 0 Å². The quantitative estimate of drug-likeness (QED) is 0.288. The molecule has 0 spiro atoms. The van der Waals surface area contributed by atoms with Crippen LogP contribution in [0.3, 0.4) is 0 Å². The molecule has 190 valence electrons. The van der Waals surface area contributed by atoms with Crippen molar-refractivity contribution < 1.29 is 30.9 Å². The maximum Gasteiger partial charge on any atom is 0.0786 e. The molecule has 6 nitrogen and oxygen atoms in total. The normalized spacial score (nSPS) is 19.5. The topological polar surface area (TPSA) is 80.3 Å². The number of nitrogens with zero attached hydrogens (tertiary/aromatic N) is 2. The summed E-state index contributed by atoms with van der Waals surface area (Å²) in [7, 11) is -4.67. The molecule has 0 aromatic rings. The van der Waals surface area contributed by atoms with E-state index in [4.69, 9.17) is 17.5 Å². The van der Waals surface area contributed by atoms with Crippen LogP contribution in [0.2, 0.25) is 0 Å². The number of alkyl halides is 1. The van der Waals surface area contributed by atoms with Gasteiger partial charge in [-0.15, -0.1) is 0 Å². The summed E-state index contributed by atoms with van der Waals surface area (Å²) in [5.41, 5.74) is 0. The highest BCUT2D eigenvalue weighted by Gasteiger charge is 2.27. The fourth-order valence-electron chi connectivity index (χ4n) is 4.75. The Morgan fingerprint density at radius 1 is 0.645 bits per heavy atom. The van der Waals surface area contributed by atoms with Gasteiger partial charge in [0, 0.05) is 10.4 Å². The molecule has 0 atom stereocenters. The molecule has 2 saturated heterocycles. The molecule has 31 heavy (non-hydrogen) atoms. The lowest BCUT2D eigenvalue weighted by Gasteiger charge is -2.40. The Balaban J connectivity index is 0. The van der Waals surface area contributed by atoms with Crippen LogP contribution in [0.4, 0.5) is 4.39 Å². The number of unbranched alkanes of at least 4 members (excludes halogenated alkanes) is 2. The van der Waals surface area contributed by atoms with E-state index in [0.29, 0.717) is 7.18 Å². The molecule has 2 heterocycles. The van der Waals surface area contributed by atoms with Crippen LogP contribution in [-0.4, -0.2) is 86.0 Å². The first-order chi connectivity index (χ1) is 14.7. The smallest absolute Gasteiger partial charge is 0.0786 e. The molecule has 8 heteroatoms. The predicted molar refractivity (Wildman–Crippen MR) is 126 cm³/mol. The van der Waals surface area contributed by atoms with Gasteiger partial charge in [-0.05, 0) is 65.2 Å². The zero-order chi connectivity index (χ0) is 24.2. The Morgan fingerprint density at radius 2 is 0.903 bits per heavy atom. The van der Waals surface area contributed by atoms with Gasteiger partial charge in [-0.1, -0.05) is 26.7 Å². The highest BCUT2D eigenvalue weighted by atomic mass is 32.3. The first kappa shape index (κ1) is 32.9. The lowest BCUT2D eigenvalue weighted by atomic mass is 10.1. The predicted octanol–water partition coefficient (Wildman–Crippen LogP) is 4.86. The molecule has 2 aliphatic heterocycles. The van der Waals surface area contributed by atoms with Gasteiger partial charge in [0.05, 0.1) is 59.5 Å². The highest BCUT2D eigenvalue weighted by Crippen LogP contribution is 2.20. The molecular formula is C23H51FN2O4S.